The Morgan fingerprint density at radius 2 is 1.71 bits per heavy atom. The van der Waals surface area contributed by atoms with Gasteiger partial charge in [0.2, 0.25) is 5.91 Å². The highest BCUT2D eigenvalue weighted by Crippen LogP contribution is 2.34. The van der Waals surface area contributed by atoms with E-state index in [4.69, 9.17) is 4.98 Å². The number of aryl methyl sites for hydroxylation is 1. The second-order valence-corrected chi connectivity index (χ2v) is 9.01. The molecule has 2 heterocycles. The molecule has 0 saturated carbocycles. The molecule has 1 aromatic heterocycles. The topological polar surface area (TPSA) is 50.2 Å². The van der Waals surface area contributed by atoms with Gasteiger partial charge in [-0.25, -0.2) is 9.37 Å². The highest BCUT2D eigenvalue weighted by Gasteiger charge is 2.30. The second kappa shape index (κ2) is 9.74. The average Bonchev–Trinajstić information content (AvgIpc) is 3.24. The van der Waals surface area contributed by atoms with E-state index in [-0.39, 0.29) is 17.6 Å². The standard InChI is InChI=1S/C29H29FN4O/c1-3-25(21-7-5-4-6-8-21)29(35)33-17-18-34-26(19-33)32-27(22-11-13-23(30)14-12-22)28(34)31-24-15-9-20(2)10-16-24/h4-16,25,31H,3,17-19H2,1-2H3/t25-/m0/s1. The number of halogens is 1. The Kier molecular flexibility index (Phi) is 6.36. The lowest BCUT2D eigenvalue weighted by molar-refractivity contribution is -0.134. The first kappa shape index (κ1) is 22.8. The number of fused-ring (bicyclic) bond motifs is 1. The van der Waals surface area contributed by atoms with E-state index >= 15 is 0 Å². The minimum atomic E-state index is -0.283. The van der Waals surface area contributed by atoms with Crippen LogP contribution >= 0.6 is 0 Å². The molecule has 0 aliphatic carbocycles. The van der Waals surface area contributed by atoms with Crippen molar-refractivity contribution in [2.75, 3.05) is 11.9 Å². The van der Waals surface area contributed by atoms with Crippen LogP contribution in [0.15, 0.2) is 78.9 Å². The van der Waals surface area contributed by atoms with E-state index in [1.54, 1.807) is 12.1 Å². The molecule has 1 aliphatic rings. The van der Waals surface area contributed by atoms with E-state index in [0.29, 0.717) is 19.6 Å². The van der Waals surface area contributed by atoms with Crippen LogP contribution in [0.25, 0.3) is 11.3 Å². The number of aromatic nitrogens is 2. The van der Waals surface area contributed by atoms with E-state index in [1.807, 2.05) is 47.4 Å². The molecular formula is C29H29FN4O. The van der Waals surface area contributed by atoms with Crippen LogP contribution in [-0.2, 0) is 17.9 Å². The third-order valence-electron chi connectivity index (χ3n) is 6.62. The summed E-state index contributed by atoms with van der Waals surface area (Å²) in [5.74, 6) is 1.36. The predicted molar refractivity (Wildman–Crippen MR) is 137 cm³/mol. The molecular weight excluding hydrogens is 439 g/mol. The zero-order valence-electron chi connectivity index (χ0n) is 20.0. The van der Waals surface area contributed by atoms with Crippen LogP contribution in [0.3, 0.4) is 0 Å². The summed E-state index contributed by atoms with van der Waals surface area (Å²) < 4.78 is 15.8. The van der Waals surface area contributed by atoms with Crippen molar-refractivity contribution in [3.8, 4) is 11.3 Å². The molecule has 1 atom stereocenters. The van der Waals surface area contributed by atoms with Crippen molar-refractivity contribution in [1.82, 2.24) is 14.5 Å². The minimum Gasteiger partial charge on any atom is -0.340 e. The van der Waals surface area contributed by atoms with Gasteiger partial charge < -0.3 is 14.8 Å². The number of imidazole rings is 1. The van der Waals surface area contributed by atoms with E-state index < -0.39 is 0 Å². The summed E-state index contributed by atoms with van der Waals surface area (Å²) in [5, 5.41) is 3.53. The molecule has 5 rings (SSSR count). The molecule has 1 aliphatic heterocycles. The number of carbonyl (C=O) groups is 1. The lowest BCUT2D eigenvalue weighted by atomic mass is 9.95. The van der Waals surface area contributed by atoms with Crippen molar-refractivity contribution < 1.29 is 9.18 Å². The van der Waals surface area contributed by atoms with Gasteiger partial charge in [0.1, 0.15) is 23.2 Å². The van der Waals surface area contributed by atoms with Crippen LogP contribution in [0.4, 0.5) is 15.9 Å². The van der Waals surface area contributed by atoms with Crippen LogP contribution in [0.5, 0.6) is 0 Å². The van der Waals surface area contributed by atoms with Crippen LogP contribution in [0.2, 0.25) is 0 Å². The molecule has 0 fully saturated rings. The molecule has 6 heteroatoms. The molecule has 0 saturated heterocycles. The Morgan fingerprint density at radius 3 is 2.40 bits per heavy atom. The highest BCUT2D eigenvalue weighted by atomic mass is 19.1. The number of carbonyl (C=O) groups excluding carboxylic acids is 1. The average molecular weight is 469 g/mol. The van der Waals surface area contributed by atoms with Crippen LogP contribution < -0.4 is 5.32 Å². The fraction of sp³-hybridized carbons (Fsp3) is 0.241. The molecule has 3 aromatic carbocycles. The summed E-state index contributed by atoms with van der Waals surface area (Å²) in [4.78, 5) is 20.3. The van der Waals surface area contributed by atoms with E-state index in [9.17, 15) is 9.18 Å². The summed E-state index contributed by atoms with van der Waals surface area (Å²) in [6.45, 7) is 5.79. The van der Waals surface area contributed by atoms with Gasteiger partial charge >= 0.3 is 0 Å². The van der Waals surface area contributed by atoms with Gasteiger partial charge in [0, 0.05) is 24.3 Å². The number of benzene rings is 3. The normalized spacial score (nSPS) is 13.9. The fourth-order valence-electron chi connectivity index (χ4n) is 4.69. The van der Waals surface area contributed by atoms with Crippen molar-refractivity contribution in [1.29, 1.82) is 0 Å². The monoisotopic (exact) mass is 468 g/mol. The first-order valence-electron chi connectivity index (χ1n) is 12.1. The Morgan fingerprint density at radius 1 is 1.00 bits per heavy atom. The quantitative estimate of drug-likeness (QED) is 0.362. The van der Waals surface area contributed by atoms with Gasteiger partial charge in [-0.3, -0.25) is 4.79 Å². The lowest BCUT2D eigenvalue weighted by Gasteiger charge is -2.31. The zero-order valence-corrected chi connectivity index (χ0v) is 20.0. The Hall–Kier alpha value is -3.93. The van der Waals surface area contributed by atoms with Crippen molar-refractivity contribution in [3.63, 3.8) is 0 Å². The lowest BCUT2D eigenvalue weighted by Crippen LogP contribution is -2.41. The maximum absolute atomic E-state index is 13.6. The molecule has 0 radical (unpaired) electrons. The summed E-state index contributed by atoms with van der Waals surface area (Å²) in [6.07, 6.45) is 0.745. The predicted octanol–water partition coefficient (Wildman–Crippen LogP) is 6.28. The SMILES string of the molecule is CC[C@H](C(=O)N1CCn2c(nc(-c3ccc(F)cc3)c2Nc2ccc(C)cc2)C1)c1ccccc1. The number of hydrogen-bond acceptors (Lipinski definition) is 3. The number of anilines is 2. The molecule has 0 bridgehead atoms. The summed E-state index contributed by atoms with van der Waals surface area (Å²) in [5.41, 5.74) is 4.77. The third-order valence-corrected chi connectivity index (χ3v) is 6.62. The van der Waals surface area contributed by atoms with Crippen LogP contribution in [0, 0.1) is 12.7 Å². The Balaban J connectivity index is 1.48. The van der Waals surface area contributed by atoms with Gasteiger partial charge in [0.15, 0.2) is 0 Å². The summed E-state index contributed by atoms with van der Waals surface area (Å²) in [7, 11) is 0. The summed E-state index contributed by atoms with van der Waals surface area (Å²) >= 11 is 0. The Labute approximate surface area is 205 Å². The zero-order chi connectivity index (χ0) is 24.4. The second-order valence-electron chi connectivity index (χ2n) is 9.01. The van der Waals surface area contributed by atoms with Gasteiger partial charge in [-0.1, -0.05) is 55.0 Å². The van der Waals surface area contributed by atoms with Gasteiger partial charge in [0.05, 0.1) is 12.5 Å². The first-order valence-corrected chi connectivity index (χ1v) is 12.1. The fourth-order valence-corrected chi connectivity index (χ4v) is 4.69. The van der Waals surface area contributed by atoms with Crippen molar-refractivity contribution in [3.05, 3.63) is 102 Å². The molecule has 0 spiro atoms. The third kappa shape index (κ3) is 4.69. The first-order chi connectivity index (χ1) is 17.0. The van der Waals surface area contributed by atoms with E-state index in [0.717, 1.165) is 40.6 Å². The largest absolute Gasteiger partial charge is 0.340 e. The van der Waals surface area contributed by atoms with Gasteiger partial charge in [-0.15, -0.1) is 0 Å². The van der Waals surface area contributed by atoms with Gasteiger partial charge in [-0.05, 0) is 55.3 Å². The molecule has 1 amide bonds. The molecule has 0 unspecified atom stereocenters. The number of amides is 1. The molecule has 5 nitrogen and oxygen atoms in total. The maximum atomic E-state index is 13.6. The van der Waals surface area contributed by atoms with E-state index in [1.165, 1.54) is 17.7 Å². The van der Waals surface area contributed by atoms with E-state index in [2.05, 4.69) is 35.9 Å². The molecule has 178 valence electrons. The van der Waals surface area contributed by atoms with Gasteiger partial charge in [-0.2, -0.15) is 0 Å². The number of rotatable bonds is 6. The Bertz CT molecular complexity index is 1310. The molecule has 4 aromatic rings. The van der Waals surface area contributed by atoms with Gasteiger partial charge in [0.25, 0.3) is 0 Å². The molecule has 1 N–H and O–H groups in total. The smallest absolute Gasteiger partial charge is 0.230 e. The number of nitrogens with one attached hydrogen (secondary N) is 1. The van der Waals surface area contributed by atoms with Crippen molar-refractivity contribution >= 4 is 17.4 Å². The maximum Gasteiger partial charge on any atom is 0.230 e. The van der Waals surface area contributed by atoms with Crippen molar-refractivity contribution in [2.24, 2.45) is 0 Å². The van der Waals surface area contributed by atoms with Crippen LogP contribution in [-0.4, -0.2) is 26.9 Å². The molecule has 35 heavy (non-hydrogen) atoms. The minimum absolute atomic E-state index is 0.129. The van der Waals surface area contributed by atoms with Crippen LogP contribution in [0.1, 0.15) is 36.2 Å². The highest BCUT2D eigenvalue weighted by molar-refractivity contribution is 5.84. The summed E-state index contributed by atoms with van der Waals surface area (Å²) in [6, 6.07) is 24.5. The van der Waals surface area contributed by atoms with Crippen molar-refractivity contribution in [2.45, 2.75) is 39.3 Å². The number of hydrogen-bond donors (Lipinski definition) is 1. The number of nitrogens with zero attached hydrogens (tertiary/aromatic N) is 3.